The fourth-order valence-corrected chi connectivity index (χ4v) is 1.65. The highest BCUT2D eigenvalue weighted by molar-refractivity contribution is 5.55. The van der Waals surface area contributed by atoms with Gasteiger partial charge in [-0.1, -0.05) is 13.8 Å². The molecule has 1 aromatic heterocycles. The normalized spacial score (nSPS) is 12.8. The number of nitrogens with one attached hydrogen (secondary N) is 1. The van der Waals surface area contributed by atoms with Gasteiger partial charge in [-0.15, -0.1) is 5.10 Å². The Balaban J connectivity index is 2.81. The highest BCUT2D eigenvalue weighted by atomic mass is 16.6. The Bertz CT molecular complexity index is 389. The maximum absolute atomic E-state index is 10.8. The Morgan fingerprint density at radius 2 is 2.29 bits per heavy atom. The van der Waals surface area contributed by atoms with Gasteiger partial charge >= 0.3 is 5.69 Å². The van der Waals surface area contributed by atoms with Crippen molar-refractivity contribution in [3.8, 4) is 0 Å². The van der Waals surface area contributed by atoms with Crippen molar-refractivity contribution < 1.29 is 10.0 Å². The van der Waals surface area contributed by atoms with Crippen LogP contribution in [0.4, 0.5) is 11.5 Å². The smallest absolute Gasteiger partial charge is 0.330 e. The van der Waals surface area contributed by atoms with Gasteiger partial charge in [-0.25, -0.2) is 0 Å². The number of rotatable bonds is 6. The quantitative estimate of drug-likeness (QED) is 0.576. The van der Waals surface area contributed by atoms with E-state index >= 15 is 0 Å². The average Bonchev–Trinajstić information content (AvgIpc) is 2.58. The molecule has 96 valence electrons. The second kappa shape index (κ2) is 5.62. The Labute approximate surface area is 99.6 Å². The van der Waals surface area contributed by atoms with Crippen molar-refractivity contribution >= 4 is 11.5 Å². The summed E-state index contributed by atoms with van der Waals surface area (Å²) in [6, 6.07) is -0.219. The summed E-state index contributed by atoms with van der Waals surface area (Å²) in [5.41, 5.74) is -0.0743. The summed E-state index contributed by atoms with van der Waals surface area (Å²) in [5, 5.41) is 26.9. The maximum Gasteiger partial charge on any atom is 0.330 e. The Hall–Kier alpha value is -1.63. The molecule has 1 atom stereocenters. The van der Waals surface area contributed by atoms with Gasteiger partial charge < -0.3 is 10.4 Å². The lowest BCUT2D eigenvalue weighted by atomic mass is 10.0. The van der Waals surface area contributed by atoms with Gasteiger partial charge in [0.15, 0.2) is 0 Å². The van der Waals surface area contributed by atoms with E-state index in [9.17, 15) is 15.2 Å². The third kappa shape index (κ3) is 3.70. The molecule has 0 bridgehead atoms. The first-order chi connectivity index (χ1) is 7.93. The van der Waals surface area contributed by atoms with Crippen LogP contribution in [0.2, 0.25) is 0 Å². The van der Waals surface area contributed by atoms with Crippen LogP contribution < -0.4 is 5.32 Å². The number of anilines is 1. The predicted octanol–water partition coefficient (Wildman–Crippen LogP) is 1.15. The molecule has 0 fully saturated rings. The van der Waals surface area contributed by atoms with Crippen molar-refractivity contribution in [3.63, 3.8) is 0 Å². The predicted molar refractivity (Wildman–Crippen MR) is 63.8 cm³/mol. The van der Waals surface area contributed by atoms with Crippen molar-refractivity contribution in [2.24, 2.45) is 13.0 Å². The van der Waals surface area contributed by atoms with Crippen LogP contribution in [-0.4, -0.2) is 32.5 Å². The number of hydrogen-bond donors (Lipinski definition) is 2. The van der Waals surface area contributed by atoms with Crippen LogP contribution >= 0.6 is 0 Å². The minimum atomic E-state index is -0.487. The van der Waals surface area contributed by atoms with Crippen LogP contribution in [0.15, 0.2) is 6.20 Å². The van der Waals surface area contributed by atoms with E-state index in [2.05, 4.69) is 10.4 Å². The highest BCUT2D eigenvalue weighted by Crippen LogP contribution is 2.23. The molecule has 0 aliphatic carbocycles. The van der Waals surface area contributed by atoms with E-state index in [1.165, 1.54) is 10.9 Å². The molecule has 7 nitrogen and oxygen atoms in total. The standard InChI is InChI=1S/C10H18N4O3/c1-7(2)4-8(6-15)11-10-9(14(16)17)5-13(3)12-10/h5,7-8,15H,4,6H2,1-3H3,(H,11,12). The summed E-state index contributed by atoms with van der Waals surface area (Å²) < 4.78 is 1.38. The first-order valence-electron chi connectivity index (χ1n) is 5.49. The third-order valence-corrected chi connectivity index (χ3v) is 2.32. The molecule has 0 saturated carbocycles. The van der Waals surface area contributed by atoms with Crippen LogP contribution in [0, 0.1) is 16.0 Å². The second-order valence-electron chi connectivity index (χ2n) is 4.45. The molecular weight excluding hydrogens is 224 g/mol. The van der Waals surface area contributed by atoms with Gasteiger partial charge in [0.2, 0.25) is 5.82 Å². The van der Waals surface area contributed by atoms with Crippen molar-refractivity contribution in [1.82, 2.24) is 9.78 Å². The van der Waals surface area contributed by atoms with E-state index in [1.807, 2.05) is 13.8 Å². The first-order valence-corrected chi connectivity index (χ1v) is 5.49. The van der Waals surface area contributed by atoms with Crippen LogP contribution in [0.5, 0.6) is 0 Å². The third-order valence-electron chi connectivity index (χ3n) is 2.32. The molecule has 0 saturated heterocycles. The van der Waals surface area contributed by atoms with Crippen molar-refractivity contribution in [2.45, 2.75) is 26.3 Å². The minimum Gasteiger partial charge on any atom is -0.394 e. The lowest BCUT2D eigenvalue weighted by Gasteiger charge is -2.17. The van der Waals surface area contributed by atoms with E-state index < -0.39 is 4.92 Å². The second-order valence-corrected chi connectivity index (χ2v) is 4.45. The molecule has 2 N–H and O–H groups in total. The van der Waals surface area contributed by atoms with Gasteiger partial charge in [0.25, 0.3) is 0 Å². The lowest BCUT2D eigenvalue weighted by molar-refractivity contribution is -0.384. The number of hydrogen-bond acceptors (Lipinski definition) is 5. The first kappa shape index (κ1) is 13.4. The molecule has 0 aliphatic heterocycles. The van der Waals surface area contributed by atoms with Gasteiger partial charge in [0.05, 0.1) is 17.6 Å². The monoisotopic (exact) mass is 242 g/mol. The highest BCUT2D eigenvalue weighted by Gasteiger charge is 2.21. The number of aryl methyl sites for hydroxylation is 1. The Kier molecular flexibility index (Phi) is 4.45. The van der Waals surface area contributed by atoms with Gasteiger partial charge in [-0.05, 0) is 12.3 Å². The summed E-state index contributed by atoms with van der Waals surface area (Å²) in [7, 11) is 1.62. The molecule has 17 heavy (non-hydrogen) atoms. The summed E-state index contributed by atoms with van der Waals surface area (Å²) >= 11 is 0. The maximum atomic E-state index is 10.8. The Morgan fingerprint density at radius 3 is 2.76 bits per heavy atom. The van der Waals surface area contributed by atoms with Gasteiger partial charge in [0.1, 0.15) is 6.20 Å². The molecule has 7 heteroatoms. The summed E-state index contributed by atoms with van der Waals surface area (Å²) in [4.78, 5) is 10.3. The van der Waals surface area contributed by atoms with E-state index in [1.54, 1.807) is 7.05 Å². The summed E-state index contributed by atoms with van der Waals surface area (Å²) in [5.74, 6) is 0.597. The van der Waals surface area contributed by atoms with Crippen molar-refractivity contribution in [2.75, 3.05) is 11.9 Å². The zero-order valence-corrected chi connectivity index (χ0v) is 10.3. The van der Waals surface area contributed by atoms with E-state index in [-0.39, 0.29) is 24.2 Å². The summed E-state index contributed by atoms with van der Waals surface area (Å²) in [6.45, 7) is 3.97. The SMILES string of the molecule is CC(C)CC(CO)Nc1nn(C)cc1[N+](=O)[O-]. The molecule has 1 heterocycles. The number of nitro groups is 1. The van der Waals surface area contributed by atoms with Crippen LogP contribution in [0.25, 0.3) is 0 Å². The van der Waals surface area contributed by atoms with Crippen LogP contribution in [-0.2, 0) is 7.05 Å². The van der Waals surface area contributed by atoms with Gasteiger partial charge in [0, 0.05) is 7.05 Å². The van der Waals surface area contributed by atoms with Crippen molar-refractivity contribution in [1.29, 1.82) is 0 Å². The molecule has 0 amide bonds. The molecule has 0 aliphatic rings. The molecule has 1 aromatic rings. The van der Waals surface area contributed by atoms with E-state index in [0.29, 0.717) is 5.92 Å². The van der Waals surface area contributed by atoms with Gasteiger partial charge in [-0.2, -0.15) is 0 Å². The number of aliphatic hydroxyl groups excluding tert-OH is 1. The number of aromatic nitrogens is 2. The molecule has 0 aromatic carbocycles. The largest absolute Gasteiger partial charge is 0.394 e. The molecule has 1 unspecified atom stereocenters. The average molecular weight is 242 g/mol. The number of nitrogens with zero attached hydrogens (tertiary/aromatic N) is 3. The molecule has 0 spiro atoms. The fourth-order valence-electron chi connectivity index (χ4n) is 1.65. The topological polar surface area (TPSA) is 93.2 Å². The van der Waals surface area contributed by atoms with Crippen LogP contribution in [0.1, 0.15) is 20.3 Å². The van der Waals surface area contributed by atoms with E-state index in [4.69, 9.17) is 0 Å². The Morgan fingerprint density at radius 1 is 1.65 bits per heavy atom. The fraction of sp³-hybridized carbons (Fsp3) is 0.700. The van der Waals surface area contributed by atoms with Crippen molar-refractivity contribution in [3.05, 3.63) is 16.3 Å². The lowest BCUT2D eigenvalue weighted by Crippen LogP contribution is -2.26. The summed E-state index contributed by atoms with van der Waals surface area (Å²) in [6.07, 6.45) is 2.07. The minimum absolute atomic E-state index is 0.0743. The molecule has 1 rings (SSSR count). The molecular formula is C10H18N4O3. The van der Waals surface area contributed by atoms with Crippen LogP contribution in [0.3, 0.4) is 0 Å². The zero-order chi connectivity index (χ0) is 13.0. The van der Waals surface area contributed by atoms with Gasteiger partial charge in [-0.3, -0.25) is 14.8 Å². The molecule has 0 radical (unpaired) electrons. The van der Waals surface area contributed by atoms with E-state index in [0.717, 1.165) is 6.42 Å². The zero-order valence-electron chi connectivity index (χ0n) is 10.3. The number of aliphatic hydroxyl groups is 1.